The van der Waals surface area contributed by atoms with Gasteiger partial charge in [-0.25, -0.2) is 4.79 Å². The van der Waals surface area contributed by atoms with Gasteiger partial charge in [0.1, 0.15) is 6.10 Å². The van der Waals surface area contributed by atoms with Crippen LogP contribution in [-0.4, -0.2) is 55.8 Å². The van der Waals surface area contributed by atoms with Crippen molar-refractivity contribution < 1.29 is 14.3 Å². The molecule has 5 heteroatoms. The van der Waals surface area contributed by atoms with Crippen molar-refractivity contribution in [2.24, 2.45) is 0 Å². The summed E-state index contributed by atoms with van der Waals surface area (Å²) in [5, 5.41) is 3.42. The number of nitrogens with zero attached hydrogens (tertiary/aromatic N) is 1. The zero-order chi connectivity index (χ0) is 15.1. The highest BCUT2D eigenvalue weighted by atomic mass is 16.5. The van der Waals surface area contributed by atoms with E-state index in [9.17, 15) is 4.79 Å². The van der Waals surface area contributed by atoms with Crippen molar-refractivity contribution >= 4 is 5.97 Å². The number of benzene rings is 1. The highest BCUT2D eigenvalue weighted by molar-refractivity contribution is 5.92. The lowest BCUT2D eigenvalue weighted by Gasteiger charge is -2.42. The largest absolute Gasteiger partial charge is 0.459 e. The fourth-order valence-electron chi connectivity index (χ4n) is 3.68. The van der Waals surface area contributed by atoms with Crippen LogP contribution in [0, 0.1) is 0 Å². The molecule has 0 aliphatic carbocycles. The molecule has 1 aromatic rings. The van der Waals surface area contributed by atoms with Crippen molar-refractivity contribution in [3.63, 3.8) is 0 Å². The molecular formula is C17H22N2O3. The van der Waals surface area contributed by atoms with E-state index in [1.807, 2.05) is 19.1 Å². The van der Waals surface area contributed by atoms with Crippen molar-refractivity contribution in [1.82, 2.24) is 10.2 Å². The second kappa shape index (κ2) is 5.65. The van der Waals surface area contributed by atoms with E-state index < -0.39 is 0 Å². The minimum absolute atomic E-state index is 0.0416. The summed E-state index contributed by atoms with van der Waals surface area (Å²) in [4.78, 5) is 14.4. The Bertz CT molecular complexity index is 589. The van der Waals surface area contributed by atoms with Gasteiger partial charge in [-0.3, -0.25) is 4.90 Å². The van der Waals surface area contributed by atoms with Crippen molar-refractivity contribution in [2.45, 2.75) is 31.6 Å². The molecule has 5 nitrogen and oxygen atoms in total. The summed E-state index contributed by atoms with van der Waals surface area (Å²) in [5.41, 5.74) is 2.97. The summed E-state index contributed by atoms with van der Waals surface area (Å²) in [6.45, 7) is 6.80. The molecule has 0 aromatic heterocycles. The van der Waals surface area contributed by atoms with Crippen LogP contribution in [0.15, 0.2) is 18.2 Å². The number of nitrogens with one attached hydrogen (secondary N) is 1. The fraction of sp³-hybridized carbons (Fsp3) is 0.588. The van der Waals surface area contributed by atoms with Gasteiger partial charge in [0.25, 0.3) is 0 Å². The molecule has 3 heterocycles. The van der Waals surface area contributed by atoms with Gasteiger partial charge in [-0.05, 0) is 24.1 Å². The second-order valence-corrected chi connectivity index (χ2v) is 6.51. The van der Waals surface area contributed by atoms with Crippen LogP contribution >= 0.6 is 0 Å². The summed E-state index contributed by atoms with van der Waals surface area (Å²) in [6, 6.07) is 6.55. The van der Waals surface area contributed by atoms with Crippen molar-refractivity contribution in [2.75, 3.05) is 32.8 Å². The van der Waals surface area contributed by atoms with Crippen LogP contribution in [0.1, 0.15) is 34.5 Å². The number of carbonyl (C=O) groups is 1. The molecule has 118 valence electrons. The number of morpholine rings is 1. The first-order chi connectivity index (χ1) is 10.7. The maximum atomic E-state index is 11.9. The van der Waals surface area contributed by atoms with Crippen molar-refractivity contribution in [3.8, 4) is 0 Å². The van der Waals surface area contributed by atoms with Gasteiger partial charge in [-0.1, -0.05) is 12.1 Å². The average Bonchev–Trinajstić information content (AvgIpc) is 2.53. The van der Waals surface area contributed by atoms with Gasteiger partial charge in [0.2, 0.25) is 0 Å². The molecule has 0 unspecified atom stereocenters. The molecule has 0 amide bonds. The minimum Gasteiger partial charge on any atom is -0.459 e. The van der Waals surface area contributed by atoms with Crippen molar-refractivity contribution in [3.05, 3.63) is 34.9 Å². The Morgan fingerprint density at radius 2 is 2.27 bits per heavy atom. The van der Waals surface area contributed by atoms with Crippen LogP contribution in [0.25, 0.3) is 0 Å². The van der Waals surface area contributed by atoms with Gasteiger partial charge in [0.05, 0.1) is 18.3 Å². The van der Waals surface area contributed by atoms with Crippen LogP contribution in [0.4, 0.5) is 0 Å². The SMILES string of the molecule is C[C@@H]1Cc2cc([C@@H]3CN4CCNC[C@H]4CO3)ccc2C(=O)O1. The Kier molecular flexibility index (Phi) is 3.64. The number of hydrogen-bond donors (Lipinski definition) is 1. The predicted molar refractivity (Wildman–Crippen MR) is 81.9 cm³/mol. The molecule has 2 saturated heterocycles. The first-order valence-electron chi connectivity index (χ1n) is 8.11. The molecule has 1 aromatic carbocycles. The lowest BCUT2D eigenvalue weighted by atomic mass is 9.94. The van der Waals surface area contributed by atoms with Gasteiger partial charge in [-0.15, -0.1) is 0 Å². The Balaban J connectivity index is 1.56. The number of ether oxygens (including phenoxy) is 2. The van der Waals surface area contributed by atoms with E-state index in [4.69, 9.17) is 9.47 Å². The number of fused-ring (bicyclic) bond motifs is 2. The van der Waals surface area contributed by atoms with Crippen LogP contribution in [-0.2, 0) is 15.9 Å². The zero-order valence-electron chi connectivity index (χ0n) is 12.9. The molecular weight excluding hydrogens is 280 g/mol. The van der Waals surface area contributed by atoms with E-state index >= 15 is 0 Å². The molecule has 22 heavy (non-hydrogen) atoms. The number of cyclic esters (lactones) is 1. The summed E-state index contributed by atoms with van der Waals surface area (Å²) in [5.74, 6) is -0.202. The van der Waals surface area contributed by atoms with Crippen LogP contribution < -0.4 is 5.32 Å². The maximum absolute atomic E-state index is 11.9. The standard InChI is InChI=1S/C17H22N2O3/c1-11-6-13-7-12(2-3-15(13)17(20)22-11)16-9-19-5-4-18-8-14(19)10-21-16/h2-3,7,11,14,16,18H,4-6,8-10H2,1H3/t11-,14+,16+/m1/s1. The summed E-state index contributed by atoms with van der Waals surface area (Å²) in [6.07, 6.45) is 0.853. The lowest BCUT2D eigenvalue weighted by molar-refractivity contribution is -0.0718. The smallest absolute Gasteiger partial charge is 0.338 e. The number of hydrogen-bond acceptors (Lipinski definition) is 5. The first kappa shape index (κ1) is 14.2. The molecule has 0 saturated carbocycles. The topological polar surface area (TPSA) is 50.8 Å². The average molecular weight is 302 g/mol. The number of rotatable bonds is 1. The van der Waals surface area contributed by atoms with E-state index in [0.29, 0.717) is 11.6 Å². The van der Waals surface area contributed by atoms with E-state index in [1.54, 1.807) is 0 Å². The quantitative estimate of drug-likeness (QED) is 0.788. The summed E-state index contributed by atoms with van der Waals surface area (Å²) < 4.78 is 11.4. The van der Waals surface area contributed by atoms with E-state index in [-0.39, 0.29) is 18.2 Å². The third kappa shape index (κ3) is 2.53. The molecule has 3 aliphatic rings. The highest BCUT2D eigenvalue weighted by Crippen LogP contribution is 2.29. The van der Waals surface area contributed by atoms with Crippen LogP contribution in [0.5, 0.6) is 0 Å². The van der Waals surface area contributed by atoms with Gasteiger partial charge in [-0.2, -0.15) is 0 Å². The minimum atomic E-state index is -0.202. The molecule has 0 radical (unpaired) electrons. The normalized spacial score (nSPS) is 32.0. The maximum Gasteiger partial charge on any atom is 0.338 e. The van der Waals surface area contributed by atoms with E-state index in [1.165, 1.54) is 5.56 Å². The summed E-state index contributed by atoms with van der Waals surface area (Å²) in [7, 11) is 0. The Morgan fingerprint density at radius 3 is 3.18 bits per heavy atom. The van der Waals surface area contributed by atoms with Crippen LogP contribution in [0.2, 0.25) is 0 Å². The van der Waals surface area contributed by atoms with Gasteiger partial charge < -0.3 is 14.8 Å². The number of carbonyl (C=O) groups excluding carboxylic acids is 1. The Morgan fingerprint density at radius 1 is 1.36 bits per heavy atom. The predicted octanol–water partition coefficient (Wildman–Crippen LogP) is 1.13. The number of esters is 1. The third-order valence-corrected chi connectivity index (χ3v) is 4.90. The lowest BCUT2D eigenvalue weighted by Crippen LogP contribution is -2.57. The molecule has 1 N–H and O–H groups in total. The molecule has 2 fully saturated rings. The molecule has 4 rings (SSSR count). The van der Waals surface area contributed by atoms with Crippen LogP contribution in [0.3, 0.4) is 0 Å². The zero-order valence-corrected chi connectivity index (χ0v) is 12.9. The first-order valence-corrected chi connectivity index (χ1v) is 8.11. The molecule has 0 spiro atoms. The third-order valence-electron chi connectivity index (χ3n) is 4.90. The highest BCUT2D eigenvalue weighted by Gasteiger charge is 2.32. The Hall–Kier alpha value is -1.43. The van der Waals surface area contributed by atoms with E-state index in [2.05, 4.69) is 16.3 Å². The molecule has 0 bridgehead atoms. The molecule has 3 aliphatic heterocycles. The summed E-state index contributed by atoms with van der Waals surface area (Å²) >= 11 is 0. The number of piperazine rings is 1. The van der Waals surface area contributed by atoms with Crippen molar-refractivity contribution in [1.29, 1.82) is 0 Å². The molecule has 3 atom stereocenters. The monoisotopic (exact) mass is 302 g/mol. The van der Waals surface area contributed by atoms with Gasteiger partial charge in [0, 0.05) is 38.6 Å². The van der Waals surface area contributed by atoms with E-state index in [0.717, 1.165) is 44.8 Å². The van der Waals surface area contributed by atoms with Gasteiger partial charge >= 0.3 is 5.97 Å². The Labute approximate surface area is 130 Å². The van der Waals surface area contributed by atoms with Gasteiger partial charge in [0.15, 0.2) is 0 Å². The second-order valence-electron chi connectivity index (χ2n) is 6.51. The fourth-order valence-corrected chi connectivity index (χ4v) is 3.68.